The summed E-state index contributed by atoms with van der Waals surface area (Å²) in [5.41, 5.74) is 0.689. The van der Waals surface area contributed by atoms with Crippen LogP contribution in [0.3, 0.4) is 0 Å². The van der Waals surface area contributed by atoms with Crippen molar-refractivity contribution in [1.29, 1.82) is 0 Å². The highest BCUT2D eigenvalue weighted by Gasteiger charge is 2.05. The third-order valence-corrected chi connectivity index (χ3v) is 1.86. The van der Waals surface area contributed by atoms with Gasteiger partial charge >= 0.3 is 0 Å². The van der Waals surface area contributed by atoms with Gasteiger partial charge in [-0.05, 0) is 24.3 Å². The number of carbonyl (C=O) groups is 1. The summed E-state index contributed by atoms with van der Waals surface area (Å²) in [6.45, 7) is 0. The second-order valence-corrected chi connectivity index (χ2v) is 3.05. The molecule has 0 bridgehead atoms. The first-order chi connectivity index (χ1) is 7.34. The molecule has 0 aliphatic heterocycles. The maximum Gasteiger partial charge on any atom is 0.232 e. The molecule has 1 N–H and O–H groups in total. The van der Waals surface area contributed by atoms with Crippen LogP contribution in [0.15, 0.2) is 47.3 Å². The lowest BCUT2D eigenvalue weighted by molar-refractivity contribution is -0.115. The van der Waals surface area contributed by atoms with Crippen LogP contribution < -0.4 is 5.32 Å². The van der Waals surface area contributed by atoms with Gasteiger partial charge in [-0.1, -0.05) is 0 Å². The Kier molecular flexibility index (Phi) is 2.78. The number of anilines is 1. The second kappa shape index (κ2) is 4.41. The first-order valence-electron chi connectivity index (χ1n) is 4.57. The highest BCUT2D eigenvalue weighted by atomic mass is 16.3. The van der Waals surface area contributed by atoms with E-state index in [1.165, 1.54) is 0 Å². The number of furan rings is 1. The van der Waals surface area contributed by atoms with Gasteiger partial charge in [0, 0.05) is 6.20 Å². The van der Waals surface area contributed by atoms with Crippen LogP contribution in [0.25, 0.3) is 0 Å². The minimum atomic E-state index is -0.113. The zero-order valence-electron chi connectivity index (χ0n) is 8.01. The fourth-order valence-corrected chi connectivity index (χ4v) is 1.21. The molecular weight excluding hydrogens is 192 g/mol. The molecule has 0 saturated heterocycles. The van der Waals surface area contributed by atoms with Gasteiger partial charge in [0.05, 0.1) is 24.6 Å². The lowest BCUT2D eigenvalue weighted by atomic mass is 10.3. The summed E-state index contributed by atoms with van der Waals surface area (Å²) in [5.74, 6) is 0.536. The number of pyridine rings is 1. The predicted octanol–water partition coefficient (Wildman–Crippen LogP) is 1.86. The van der Waals surface area contributed by atoms with Crippen molar-refractivity contribution in [1.82, 2.24) is 4.98 Å². The molecule has 76 valence electrons. The van der Waals surface area contributed by atoms with E-state index < -0.39 is 0 Å². The quantitative estimate of drug-likeness (QED) is 0.826. The molecule has 2 rings (SSSR count). The van der Waals surface area contributed by atoms with Crippen molar-refractivity contribution >= 4 is 11.6 Å². The molecule has 4 nitrogen and oxygen atoms in total. The van der Waals surface area contributed by atoms with E-state index in [9.17, 15) is 4.79 Å². The number of amides is 1. The number of nitrogens with one attached hydrogen (secondary N) is 1. The lowest BCUT2D eigenvalue weighted by Crippen LogP contribution is -2.13. The molecule has 1 amide bonds. The van der Waals surface area contributed by atoms with Gasteiger partial charge in [-0.15, -0.1) is 0 Å². The van der Waals surface area contributed by atoms with E-state index in [2.05, 4.69) is 10.3 Å². The van der Waals surface area contributed by atoms with Crippen molar-refractivity contribution in [3.8, 4) is 0 Å². The predicted molar refractivity (Wildman–Crippen MR) is 55.3 cm³/mol. The zero-order valence-corrected chi connectivity index (χ0v) is 8.01. The van der Waals surface area contributed by atoms with Gasteiger partial charge in [0.1, 0.15) is 5.76 Å². The van der Waals surface area contributed by atoms with Crippen LogP contribution in [0.1, 0.15) is 5.76 Å². The molecule has 0 unspecified atom stereocenters. The number of hydrogen-bond acceptors (Lipinski definition) is 3. The Hall–Kier alpha value is -2.10. The molecule has 0 aliphatic rings. The molecule has 15 heavy (non-hydrogen) atoms. The number of rotatable bonds is 3. The summed E-state index contributed by atoms with van der Waals surface area (Å²) in [7, 11) is 0. The topological polar surface area (TPSA) is 55.1 Å². The Morgan fingerprint density at radius 1 is 1.40 bits per heavy atom. The van der Waals surface area contributed by atoms with Crippen molar-refractivity contribution in [3.63, 3.8) is 0 Å². The number of nitrogens with zero attached hydrogens (tertiary/aromatic N) is 1. The van der Waals surface area contributed by atoms with Crippen molar-refractivity contribution in [2.75, 3.05) is 5.32 Å². The fraction of sp³-hybridized carbons (Fsp3) is 0.0909. The second-order valence-electron chi connectivity index (χ2n) is 3.05. The summed E-state index contributed by atoms with van der Waals surface area (Å²) in [6.07, 6.45) is 5.04. The fourth-order valence-electron chi connectivity index (χ4n) is 1.21. The Morgan fingerprint density at radius 2 is 2.33 bits per heavy atom. The molecule has 0 saturated carbocycles. The van der Waals surface area contributed by atoms with Gasteiger partial charge in [-0.3, -0.25) is 9.78 Å². The normalized spacial score (nSPS) is 9.87. The highest BCUT2D eigenvalue weighted by Crippen LogP contribution is 2.05. The number of carbonyl (C=O) groups excluding carboxylic acids is 1. The lowest BCUT2D eigenvalue weighted by Gasteiger charge is -2.02. The summed E-state index contributed by atoms with van der Waals surface area (Å²) < 4.78 is 5.07. The summed E-state index contributed by atoms with van der Waals surface area (Å²) in [6, 6.07) is 7.07. The SMILES string of the molecule is O=C(Cc1ccco1)Nc1cccnc1. The van der Waals surface area contributed by atoms with Crippen molar-refractivity contribution in [2.45, 2.75) is 6.42 Å². The molecule has 0 fully saturated rings. The van der Waals surface area contributed by atoms with Crippen molar-refractivity contribution in [3.05, 3.63) is 48.7 Å². The van der Waals surface area contributed by atoms with Gasteiger partial charge < -0.3 is 9.73 Å². The molecule has 2 heterocycles. The molecule has 0 radical (unpaired) electrons. The van der Waals surface area contributed by atoms with Crippen LogP contribution in [-0.4, -0.2) is 10.9 Å². The van der Waals surface area contributed by atoms with E-state index in [-0.39, 0.29) is 12.3 Å². The smallest absolute Gasteiger partial charge is 0.232 e. The van der Waals surface area contributed by atoms with Crippen LogP contribution in [0.5, 0.6) is 0 Å². The largest absolute Gasteiger partial charge is 0.469 e. The van der Waals surface area contributed by atoms with Crippen LogP contribution >= 0.6 is 0 Å². The third-order valence-electron chi connectivity index (χ3n) is 1.86. The number of aromatic nitrogens is 1. The summed E-state index contributed by atoms with van der Waals surface area (Å²) in [4.78, 5) is 15.4. The molecule has 0 aliphatic carbocycles. The Morgan fingerprint density at radius 3 is 3.00 bits per heavy atom. The first-order valence-corrected chi connectivity index (χ1v) is 4.57. The summed E-state index contributed by atoms with van der Waals surface area (Å²) in [5, 5.41) is 2.72. The van der Waals surface area contributed by atoms with Crippen LogP contribution in [0.4, 0.5) is 5.69 Å². The minimum absolute atomic E-state index is 0.113. The van der Waals surface area contributed by atoms with Gasteiger partial charge in [-0.2, -0.15) is 0 Å². The van der Waals surface area contributed by atoms with E-state index in [1.54, 1.807) is 42.9 Å². The van der Waals surface area contributed by atoms with Crippen LogP contribution in [0, 0.1) is 0 Å². The van der Waals surface area contributed by atoms with Gasteiger partial charge in [-0.25, -0.2) is 0 Å². The first kappa shape index (κ1) is 9.45. The summed E-state index contributed by atoms with van der Waals surface area (Å²) >= 11 is 0. The molecule has 0 spiro atoms. The van der Waals surface area contributed by atoms with Crippen molar-refractivity contribution < 1.29 is 9.21 Å². The Balaban J connectivity index is 1.94. The number of hydrogen-bond donors (Lipinski definition) is 1. The third kappa shape index (κ3) is 2.67. The van der Waals surface area contributed by atoms with Crippen LogP contribution in [-0.2, 0) is 11.2 Å². The average Bonchev–Trinajstić information content (AvgIpc) is 2.71. The van der Waals surface area contributed by atoms with Gasteiger partial charge in [0.2, 0.25) is 5.91 Å². The molecular formula is C11H10N2O2. The monoisotopic (exact) mass is 202 g/mol. The van der Waals surface area contributed by atoms with E-state index in [4.69, 9.17) is 4.42 Å². The molecule has 4 heteroatoms. The molecule has 0 aromatic carbocycles. The van der Waals surface area contributed by atoms with E-state index in [1.807, 2.05) is 0 Å². The zero-order chi connectivity index (χ0) is 10.5. The molecule has 0 atom stereocenters. The Labute approximate surface area is 86.9 Å². The average molecular weight is 202 g/mol. The van der Waals surface area contributed by atoms with Gasteiger partial charge in [0.25, 0.3) is 0 Å². The molecule has 2 aromatic rings. The maximum absolute atomic E-state index is 11.5. The van der Waals surface area contributed by atoms with E-state index in [0.29, 0.717) is 11.4 Å². The Bertz CT molecular complexity index is 423. The highest BCUT2D eigenvalue weighted by molar-refractivity contribution is 5.91. The standard InChI is InChI=1S/C11H10N2O2/c14-11(7-10-4-2-6-15-10)13-9-3-1-5-12-8-9/h1-6,8H,7H2,(H,13,14). The minimum Gasteiger partial charge on any atom is -0.469 e. The van der Waals surface area contributed by atoms with E-state index in [0.717, 1.165) is 0 Å². The van der Waals surface area contributed by atoms with Crippen molar-refractivity contribution in [2.24, 2.45) is 0 Å². The maximum atomic E-state index is 11.5. The van der Waals surface area contributed by atoms with Gasteiger partial charge in [0.15, 0.2) is 0 Å². The molecule has 2 aromatic heterocycles. The van der Waals surface area contributed by atoms with Crippen LogP contribution in [0.2, 0.25) is 0 Å². The van der Waals surface area contributed by atoms with E-state index >= 15 is 0 Å².